The molecule has 1 unspecified atom stereocenters. The highest BCUT2D eigenvalue weighted by molar-refractivity contribution is 6.30. The Bertz CT molecular complexity index is 940. The zero-order valence-corrected chi connectivity index (χ0v) is 17.4. The molecule has 0 aliphatic heterocycles. The van der Waals surface area contributed by atoms with Gasteiger partial charge in [-0.3, -0.25) is 10.2 Å². The molecule has 0 radical (unpaired) electrons. The predicted molar refractivity (Wildman–Crippen MR) is 110 cm³/mol. The molecule has 4 nitrogen and oxygen atoms in total. The fourth-order valence-electron chi connectivity index (χ4n) is 3.57. The van der Waals surface area contributed by atoms with Crippen molar-refractivity contribution < 1.29 is 28.2 Å². The molecule has 0 saturated carbocycles. The van der Waals surface area contributed by atoms with Gasteiger partial charge in [0.25, 0.3) is 0 Å². The summed E-state index contributed by atoms with van der Waals surface area (Å²) < 4.78 is 39.6. The molecule has 0 bridgehead atoms. The molecule has 2 aromatic rings. The summed E-state index contributed by atoms with van der Waals surface area (Å²) in [5.74, 6) is -3.07. The van der Waals surface area contributed by atoms with Gasteiger partial charge in [-0.15, -0.1) is 0 Å². The number of hydrogen-bond acceptors (Lipinski definition) is 3. The third-order valence-corrected chi connectivity index (χ3v) is 5.09. The van der Waals surface area contributed by atoms with Crippen molar-refractivity contribution in [2.24, 2.45) is 0 Å². The van der Waals surface area contributed by atoms with E-state index >= 15 is 0 Å². The highest BCUT2D eigenvalue weighted by atomic mass is 35.5. The van der Waals surface area contributed by atoms with Crippen LogP contribution in [0.25, 0.3) is 0 Å². The van der Waals surface area contributed by atoms with Gasteiger partial charge in [-0.1, -0.05) is 50.4 Å². The Hall–Kier alpha value is -2.54. The first-order valence-corrected chi connectivity index (χ1v) is 9.92. The van der Waals surface area contributed by atoms with Gasteiger partial charge in [0.15, 0.2) is 0 Å². The van der Waals surface area contributed by atoms with Crippen LogP contribution in [-0.2, 0) is 17.6 Å². The van der Waals surface area contributed by atoms with E-state index in [2.05, 4.69) is 0 Å². The number of aromatic hydroxyl groups is 1. The molecule has 1 atom stereocenters. The van der Waals surface area contributed by atoms with Crippen LogP contribution in [0.15, 0.2) is 30.3 Å². The number of hydrogen-bond donors (Lipinski definition) is 3. The van der Waals surface area contributed by atoms with E-state index in [1.807, 2.05) is 6.92 Å². The van der Waals surface area contributed by atoms with Gasteiger partial charge >= 0.3 is 12.1 Å². The third-order valence-electron chi connectivity index (χ3n) is 4.84. The summed E-state index contributed by atoms with van der Waals surface area (Å²) in [6, 6.07) is 7.29. The van der Waals surface area contributed by atoms with Gasteiger partial charge in [0.1, 0.15) is 17.4 Å². The summed E-state index contributed by atoms with van der Waals surface area (Å²) in [6.45, 7) is 3.60. The van der Waals surface area contributed by atoms with Crippen molar-refractivity contribution in [2.45, 2.75) is 51.6 Å². The lowest BCUT2D eigenvalue weighted by molar-refractivity contribution is -0.137. The highest BCUT2D eigenvalue weighted by Gasteiger charge is 2.39. The van der Waals surface area contributed by atoms with Crippen LogP contribution in [0.5, 0.6) is 5.75 Å². The minimum Gasteiger partial charge on any atom is -0.507 e. The van der Waals surface area contributed by atoms with Gasteiger partial charge < -0.3 is 10.2 Å². The number of aliphatic carboxylic acids is 1. The molecule has 0 aliphatic rings. The first kappa shape index (κ1) is 23.7. The lowest BCUT2D eigenvalue weighted by Gasteiger charge is -2.24. The maximum atomic E-state index is 13.2. The average molecular weight is 442 g/mol. The van der Waals surface area contributed by atoms with E-state index in [1.54, 1.807) is 31.2 Å². The molecule has 3 N–H and O–H groups in total. The summed E-state index contributed by atoms with van der Waals surface area (Å²) in [6.07, 6.45) is -3.43. The first-order valence-electron chi connectivity index (χ1n) is 9.54. The Morgan fingerprint density at radius 1 is 1.13 bits per heavy atom. The van der Waals surface area contributed by atoms with E-state index in [0.717, 1.165) is 6.07 Å². The maximum absolute atomic E-state index is 13.2. The number of phenolic OH excluding ortho intramolecular Hbond substituents is 1. The van der Waals surface area contributed by atoms with Crippen molar-refractivity contribution in [1.29, 1.82) is 5.41 Å². The van der Waals surface area contributed by atoms with E-state index in [9.17, 15) is 28.2 Å². The second-order valence-electron chi connectivity index (χ2n) is 7.02. The fourth-order valence-corrected chi connectivity index (χ4v) is 3.70. The van der Waals surface area contributed by atoms with Gasteiger partial charge in [0.05, 0.1) is 0 Å². The number of nitrogens with one attached hydrogen (secondary N) is 1. The average Bonchev–Trinajstić information content (AvgIpc) is 2.66. The Balaban J connectivity index is 2.87. The van der Waals surface area contributed by atoms with E-state index in [0.29, 0.717) is 35.4 Å². The minimum atomic E-state index is -4.94. The topological polar surface area (TPSA) is 81.4 Å². The Labute approximate surface area is 177 Å². The number of benzene rings is 2. The molecule has 0 amide bonds. The quantitative estimate of drug-likeness (QED) is 0.433. The van der Waals surface area contributed by atoms with Crippen molar-refractivity contribution in [3.63, 3.8) is 0 Å². The van der Waals surface area contributed by atoms with E-state index < -0.39 is 35.1 Å². The number of carbonyl (C=O) groups is 1. The van der Waals surface area contributed by atoms with Crippen LogP contribution >= 0.6 is 11.6 Å². The molecule has 0 aliphatic carbocycles. The van der Waals surface area contributed by atoms with Crippen molar-refractivity contribution in [3.8, 4) is 5.75 Å². The standard InChI is InChI=1S/C22H23ClF3NO3/c1-3-5-13-11-16(20(27)22(24,25)26)19(28)15(6-4-2)17(13)18(21(29)30)12-7-9-14(23)10-8-12/h7-11,18,27-28H,3-6H2,1-2H3,(H,29,30). The summed E-state index contributed by atoms with van der Waals surface area (Å²) >= 11 is 5.91. The van der Waals surface area contributed by atoms with Crippen LogP contribution in [0.2, 0.25) is 5.02 Å². The molecule has 30 heavy (non-hydrogen) atoms. The van der Waals surface area contributed by atoms with Crippen molar-refractivity contribution in [1.82, 2.24) is 0 Å². The highest BCUT2D eigenvalue weighted by Crippen LogP contribution is 2.40. The maximum Gasteiger partial charge on any atom is 0.433 e. The predicted octanol–water partition coefficient (Wildman–Crippen LogP) is 6.10. The number of alkyl halides is 3. The summed E-state index contributed by atoms with van der Waals surface area (Å²) in [5.41, 5.74) is -1.08. The molecule has 2 aromatic carbocycles. The number of carboxylic acid groups (broad SMARTS) is 1. The van der Waals surface area contributed by atoms with Crippen LogP contribution in [0.4, 0.5) is 13.2 Å². The SMILES string of the molecule is CCCc1cc(C(=N)C(F)(F)F)c(O)c(CCC)c1C(C(=O)O)c1ccc(Cl)cc1. The van der Waals surface area contributed by atoms with Crippen molar-refractivity contribution >= 4 is 23.3 Å². The zero-order valence-electron chi connectivity index (χ0n) is 16.6. The second-order valence-corrected chi connectivity index (χ2v) is 7.46. The molecule has 0 heterocycles. The molecule has 0 aromatic heterocycles. The van der Waals surface area contributed by atoms with Crippen molar-refractivity contribution in [3.05, 3.63) is 63.2 Å². The van der Waals surface area contributed by atoms with Gasteiger partial charge in [-0.2, -0.15) is 13.2 Å². The Morgan fingerprint density at radius 3 is 2.17 bits per heavy atom. The molecule has 162 valence electrons. The smallest absolute Gasteiger partial charge is 0.433 e. The Morgan fingerprint density at radius 2 is 1.70 bits per heavy atom. The molecule has 8 heteroatoms. The van der Waals surface area contributed by atoms with Gasteiger partial charge in [0.2, 0.25) is 0 Å². The van der Waals surface area contributed by atoms with Crippen LogP contribution in [0, 0.1) is 5.41 Å². The van der Waals surface area contributed by atoms with Gasteiger partial charge in [-0.05, 0) is 53.3 Å². The van der Waals surface area contributed by atoms with Crippen LogP contribution in [-0.4, -0.2) is 28.1 Å². The molecule has 0 saturated heterocycles. The minimum absolute atomic E-state index is 0.134. The molecular formula is C22H23ClF3NO3. The zero-order chi connectivity index (χ0) is 22.6. The monoisotopic (exact) mass is 441 g/mol. The molecule has 2 rings (SSSR count). The normalized spacial score (nSPS) is 12.6. The molecule has 0 spiro atoms. The van der Waals surface area contributed by atoms with E-state index in [1.165, 1.54) is 0 Å². The van der Waals surface area contributed by atoms with Crippen molar-refractivity contribution in [2.75, 3.05) is 0 Å². The largest absolute Gasteiger partial charge is 0.507 e. The first-order chi connectivity index (χ1) is 14.0. The third kappa shape index (κ3) is 4.95. The molecule has 0 fully saturated rings. The fraction of sp³-hybridized carbons (Fsp3) is 0.364. The number of carboxylic acids is 1. The van der Waals surface area contributed by atoms with E-state index in [-0.39, 0.29) is 17.5 Å². The van der Waals surface area contributed by atoms with Crippen LogP contribution in [0.3, 0.4) is 0 Å². The summed E-state index contributed by atoms with van der Waals surface area (Å²) in [5, 5.41) is 28.6. The Kier molecular flexibility index (Phi) is 7.53. The summed E-state index contributed by atoms with van der Waals surface area (Å²) in [4.78, 5) is 12.3. The number of aryl methyl sites for hydroxylation is 1. The van der Waals surface area contributed by atoms with Crippen LogP contribution in [0.1, 0.15) is 60.4 Å². The van der Waals surface area contributed by atoms with E-state index in [4.69, 9.17) is 17.0 Å². The number of rotatable bonds is 8. The van der Waals surface area contributed by atoms with Gasteiger partial charge in [0, 0.05) is 10.6 Å². The van der Waals surface area contributed by atoms with Crippen LogP contribution < -0.4 is 0 Å². The lowest BCUT2D eigenvalue weighted by atomic mass is 9.80. The van der Waals surface area contributed by atoms with Gasteiger partial charge in [-0.25, -0.2) is 0 Å². The number of phenols is 1. The summed E-state index contributed by atoms with van der Waals surface area (Å²) in [7, 11) is 0. The second kappa shape index (κ2) is 9.51. The lowest BCUT2D eigenvalue weighted by Crippen LogP contribution is -2.25. The molecular weight excluding hydrogens is 419 g/mol. The number of halogens is 4.